The Morgan fingerprint density at radius 2 is 1.47 bits per heavy atom. The van der Waals surface area contributed by atoms with E-state index in [-0.39, 0.29) is 18.7 Å². The molecule has 1 heterocycles. The molecule has 0 aromatic heterocycles. The maximum Gasteiger partial charge on any atom is 0.320 e. The largest absolute Gasteiger partial charge is 0.480 e. The van der Waals surface area contributed by atoms with Crippen LogP contribution in [0.25, 0.3) is 0 Å². The van der Waals surface area contributed by atoms with Crippen molar-refractivity contribution in [2.24, 2.45) is 5.41 Å². The molecular weight excluding hydrogens is 416 g/mol. The van der Waals surface area contributed by atoms with Gasteiger partial charge in [0, 0.05) is 52.4 Å². The Hall–Kier alpha value is -1.75. The molecule has 1 fully saturated rings. The number of hydrogen-bond acceptors (Lipinski definition) is 8. The van der Waals surface area contributed by atoms with Crippen LogP contribution in [0.15, 0.2) is 0 Å². The average molecular weight is 459 g/mol. The van der Waals surface area contributed by atoms with Crippen molar-refractivity contribution >= 4 is 18.4 Å². The fourth-order valence-corrected chi connectivity index (χ4v) is 3.83. The van der Waals surface area contributed by atoms with Gasteiger partial charge < -0.3 is 19.8 Å². The molecule has 0 aromatic rings. The maximum absolute atomic E-state index is 12.1. The number of nitrogens with zero attached hydrogens (tertiary/aromatic N) is 4. The summed E-state index contributed by atoms with van der Waals surface area (Å²) in [4.78, 5) is 42.3. The van der Waals surface area contributed by atoms with E-state index in [1.165, 1.54) is 0 Å². The van der Waals surface area contributed by atoms with Crippen LogP contribution in [0, 0.1) is 5.41 Å². The Labute approximate surface area is 192 Å². The molecule has 10 heteroatoms. The first-order valence-corrected chi connectivity index (χ1v) is 11.5. The number of carbonyl (C=O) groups is 3. The number of ether oxygens (including phenoxy) is 1. The zero-order chi connectivity index (χ0) is 24.1. The van der Waals surface area contributed by atoms with Crippen LogP contribution in [0.3, 0.4) is 0 Å². The second-order valence-electron chi connectivity index (χ2n) is 9.60. The summed E-state index contributed by atoms with van der Waals surface area (Å²) in [5.41, 5.74) is 0.0169. The zero-order valence-electron chi connectivity index (χ0n) is 20.2. The molecule has 1 atom stereocenters. The Balaban J connectivity index is 3.04. The average Bonchev–Trinajstić information content (AvgIpc) is 2.69. The van der Waals surface area contributed by atoms with Gasteiger partial charge in [0.05, 0.1) is 6.54 Å². The fraction of sp³-hybridized carbons (Fsp3) is 0.864. The van der Waals surface area contributed by atoms with Crippen molar-refractivity contribution in [3.8, 4) is 0 Å². The maximum atomic E-state index is 12.1. The van der Waals surface area contributed by atoms with Crippen molar-refractivity contribution in [2.45, 2.75) is 46.6 Å². The number of likely N-dealkylation sites (N-methyl/N-ethyl adjacent to an activating group) is 1. The van der Waals surface area contributed by atoms with Crippen molar-refractivity contribution in [3.63, 3.8) is 0 Å². The number of aliphatic carboxylic acids is 2. The SMILES string of the molecule is CCN1CCN(COC=O)CCN(C(CCC(C)(C)C)C(=O)O)CCN(CC(=O)O)CC1. The molecule has 1 unspecified atom stereocenters. The minimum atomic E-state index is -0.883. The summed E-state index contributed by atoms with van der Waals surface area (Å²) in [5, 5.41) is 19.3. The van der Waals surface area contributed by atoms with Crippen LogP contribution in [0.4, 0.5) is 0 Å². The third kappa shape index (κ3) is 11.8. The number of carboxylic acid groups (broad SMARTS) is 2. The Morgan fingerprint density at radius 1 is 0.938 bits per heavy atom. The minimum Gasteiger partial charge on any atom is -0.480 e. The predicted molar refractivity (Wildman–Crippen MR) is 121 cm³/mol. The molecule has 10 nitrogen and oxygen atoms in total. The van der Waals surface area contributed by atoms with Crippen molar-refractivity contribution in [2.75, 3.05) is 72.2 Å². The van der Waals surface area contributed by atoms with Crippen LogP contribution in [0.5, 0.6) is 0 Å². The number of hydrogen-bond donors (Lipinski definition) is 2. The smallest absolute Gasteiger partial charge is 0.320 e. The fourth-order valence-electron chi connectivity index (χ4n) is 3.83. The molecule has 0 radical (unpaired) electrons. The van der Waals surface area contributed by atoms with Crippen LogP contribution >= 0.6 is 0 Å². The third-order valence-corrected chi connectivity index (χ3v) is 5.90. The van der Waals surface area contributed by atoms with Gasteiger partial charge in [0.1, 0.15) is 12.8 Å². The lowest BCUT2D eigenvalue weighted by Gasteiger charge is -2.36. The van der Waals surface area contributed by atoms with E-state index in [4.69, 9.17) is 4.74 Å². The van der Waals surface area contributed by atoms with E-state index < -0.39 is 18.0 Å². The Bertz CT molecular complexity index is 583. The monoisotopic (exact) mass is 458 g/mol. The summed E-state index contributed by atoms with van der Waals surface area (Å²) in [6.45, 7) is 14.5. The van der Waals surface area contributed by atoms with Gasteiger partial charge in [-0.25, -0.2) is 0 Å². The van der Waals surface area contributed by atoms with E-state index in [0.29, 0.717) is 52.2 Å². The van der Waals surface area contributed by atoms with Gasteiger partial charge >= 0.3 is 11.9 Å². The molecule has 32 heavy (non-hydrogen) atoms. The summed E-state index contributed by atoms with van der Waals surface area (Å²) in [5.74, 6) is -1.75. The van der Waals surface area contributed by atoms with E-state index in [0.717, 1.165) is 26.1 Å². The molecule has 1 saturated heterocycles. The lowest BCUT2D eigenvalue weighted by molar-refractivity contribution is -0.144. The van der Waals surface area contributed by atoms with Gasteiger partial charge in [-0.05, 0) is 24.8 Å². The first-order valence-electron chi connectivity index (χ1n) is 11.5. The summed E-state index contributed by atoms with van der Waals surface area (Å²) in [7, 11) is 0. The summed E-state index contributed by atoms with van der Waals surface area (Å²) in [6, 6.07) is -0.648. The molecule has 1 aliphatic rings. The van der Waals surface area contributed by atoms with Crippen LogP contribution in [-0.4, -0.2) is 126 Å². The molecule has 1 aliphatic heterocycles. The molecule has 0 spiro atoms. The van der Waals surface area contributed by atoms with Crippen molar-refractivity contribution in [3.05, 3.63) is 0 Å². The molecule has 1 rings (SSSR count). The highest BCUT2D eigenvalue weighted by Gasteiger charge is 2.28. The molecule has 0 saturated carbocycles. The first kappa shape index (κ1) is 28.3. The van der Waals surface area contributed by atoms with E-state index in [1.54, 1.807) is 0 Å². The van der Waals surface area contributed by atoms with E-state index in [9.17, 15) is 24.6 Å². The first-order chi connectivity index (χ1) is 15.1. The van der Waals surface area contributed by atoms with Crippen LogP contribution in [-0.2, 0) is 19.1 Å². The lowest BCUT2D eigenvalue weighted by Crippen LogP contribution is -2.51. The van der Waals surface area contributed by atoms with Crippen LogP contribution in [0.1, 0.15) is 40.5 Å². The molecule has 0 aromatic carbocycles. The minimum absolute atomic E-state index is 0.0169. The number of carboxylic acids is 2. The quantitative estimate of drug-likeness (QED) is 0.454. The van der Waals surface area contributed by atoms with Crippen molar-refractivity contribution in [1.29, 1.82) is 0 Å². The van der Waals surface area contributed by atoms with Gasteiger partial charge in [-0.3, -0.25) is 29.1 Å². The Morgan fingerprint density at radius 3 is 1.97 bits per heavy atom. The van der Waals surface area contributed by atoms with Crippen LogP contribution < -0.4 is 0 Å². The summed E-state index contributed by atoms with van der Waals surface area (Å²) in [6.07, 6.45) is 1.29. The van der Waals surface area contributed by atoms with E-state index in [1.807, 2.05) is 14.7 Å². The predicted octanol–water partition coefficient (Wildman–Crippen LogP) is 0.723. The summed E-state index contributed by atoms with van der Waals surface area (Å²) >= 11 is 0. The van der Waals surface area contributed by atoms with Gasteiger partial charge in [0.25, 0.3) is 6.47 Å². The van der Waals surface area contributed by atoms with Gasteiger partial charge in [-0.15, -0.1) is 0 Å². The molecule has 2 N–H and O–H groups in total. The van der Waals surface area contributed by atoms with Crippen LogP contribution in [0.2, 0.25) is 0 Å². The van der Waals surface area contributed by atoms with Gasteiger partial charge in [0.2, 0.25) is 0 Å². The lowest BCUT2D eigenvalue weighted by atomic mass is 9.88. The highest BCUT2D eigenvalue weighted by Crippen LogP contribution is 2.23. The topological polar surface area (TPSA) is 114 Å². The third-order valence-electron chi connectivity index (χ3n) is 5.90. The second-order valence-corrected chi connectivity index (χ2v) is 9.60. The molecular formula is C22H42N4O6. The van der Waals surface area contributed by atoms with Gasteiger partial charge in [-0.1, -0.05) is 27.7 Å². The second kappa shape index (κ2) is 14.4. The van der Waals surface area contributed by atoms with E-state index in [2.05, 4.69) is 32.6 Å². The standard InChI is InChI=1S/C22H42N4O6/c1-5-23-8-10-24(16-20(28)29)12-14-26(15-13-25(11-9-23)17-32-18-27)19(21(30)31)6-7-22(2,3)4/h18-19H,5-17H2,1-4H3,(H,28,29)(H,30,31). The van der Waals surface area contributed by atoms with Crippen molar-refractivity contribution in [1.82, 2.24) is 19.6 Å². The molecule has 0 bridgehead atoms. The van der Waals surface area contributed by atoms with Gasteiger partial charge in [0.15, 0.2) is 0 Å². The summed E-state index contributed by atoms with van der Waals surface area (Å²) < 4.78 is 4.98. The number of carbonyl (C=O) groups excluding carboxylic acids is 1. The van der Waals surface area contributed by atoms with Crippen molar-refractivity contribution < 1.29 is 29.3 Å². The highest BCUT2D eigenvalue weighted by molar-refractivity contribution is 5.73. The molecule has 186 valence electrons. The Kier molecular flexibility index (Phi) is 12.7. The van der Waals surface area contributed by atoms with Gasteiger partial charge in [-0.2, -0.15) is 0 Å². The van der Waals surface area contributed by atoms with E-state index >= 15 is 0 Å². The molecule has 0 amide bonds. The zero-order valence-corrected chi connectivity index (χ0v) is 20.2. The normalized spacial score (nSPS) is 20.1. The number of rotatable bonds is 10. The molecule has 0 aliphatic carbocycles. The highest BCUT2D eigenvalue weighted by atomic mass is 16.5.